The Hall–Kier alpha value is -2.72. The molecular weight excluding hydrogens is 264 g/mol. The van der Waals surface area contributed by atoms with E-state index in [-0.39, 0.29) is 30.0 Å². The van der Waals surface area contributed by atoms with Crippen molar-refractivity contribution in [3.63, 3.8) is 0 Å². The van der Waals surface area contributed by atoms with E-state index in [1.807, 2.05) is 0 Å². The lowest BCUT2D eigenvalue weighted by Gasteiger charge is -2.03. The number of rotatable bonds is 6. The number of esters is 1. The van der Waals surface area contributed by atoms with Gasteiger partial charge in [0.15, 0.2) is 0 Å². The maximum absolute atomic E-state index is 11.6. The Bertz CT molecular complexity index is 574. The van der Waals surface area contributed by atoms with Crippen LogP contribution in [-0.4, -0.2) is 31.2 Å². The molecule has 1 aromatic rings. The summed E-state index contributed by atoms with van der Waals surface area (Å²) in [6.45, 7) is 0.209. The molecule has 0 heterocycles. The zero-order valence-electron chi connectivity index (χ0n) is 10.7. The zero-order chi connectivity index (χ0) is 15.0. The Morgan fingerprint density at radius 1 is 1.45 bits per heavy atom. The Kier molecular flexibility index (Phi) is 5.87. The van der Waals surface area contributed by atoms with E-state index in [1.165, 1.54) is 25.3 Å². The fourth-order valence-corrected chi connectivity index (χ4v) is 1.36. The lowest BCUT2D eigenvalue weighted by molar-refractivity contribution is -0.385. The van der Waals surface area contributed by atoms with Gasteiger partial charge in [0, 0.05) is 13.2 Å². The van der Waals surface area contributed by atoms with Crippen molar-refractivity contribution in [3.8, 4) is 6.07 Å². The number of nitro groups is 1. The van der Waals surface area contributed by atoms with Gasteiger partial charge in [-0.3, -0.25) is 10.1 Å². The number of ether oxygens (including phenoxy) is 2. The number of hydrogen-bond acceptors (Lipinski definition) is 6. The topological polar surface area (TPSA) is 102 Å². The van der Waals surface area contributed by atoms with E-state index in [2.05, 4.69) is 0 Å². The van der Waals surface area contributed by atoms with Crippen LogP contribution in [0.5, 0.6) is 0 Å². The first-order valence-electron chi connectivity index (χ1n) is 5.61. The fraction of sp³-hybridized carbons (Fsp3) is 0.231. The minimum atomic E-state index is -0.845. The summed E-state index contributed by atoms with van der Waals surface area (Å²) in [6.07, 6.45) is 1.13. The van der Waals surface area contributed by atoms with Crippen LogP contribution in [0.15, 0.2) is 29.8 Å². The third-order valence-corrected chi connectivity index (χ3v) is 2.29. The molecule has 0 amide bonds. The lowest BCUT2D eigenvalue weighted by Crippen LogP contribution is -2.11. The molecule has 1 rings (SSSR count). The highest BCUT2D eigenvalue weighted by Gasteiger charge is 2.15. The molecular formula is C13H12N2O5. The largest absolute Gasteiger partial charge is 0.459 e. The van der Waals surface area contributed by atoms with E-state index in [0.717, 1.165) is 6.08 Å². The molecule has 0 saturated heterocycles. The average Bonchev–Trinajstić information content (AvgIpc) is 2.45. The monoisotopic (exact) mass is 276 g/mol. The standard InChI is InChI=1S/C13H12N2O5/c1-19-6-7-20-13(16)11(9-14)8-10-4-2-3-5-12(10)15(17)18/h2-5,8H,6-7H2,1H3/b11-8+. The molecule has 0 saturated carbocycles. The third-order valence-electron chi connectivity index (χ3n) is 2.29. The van der Waals surface area contributed by atoms with Crippen molar-refractivity contribution in [2.24, 2.45) is 0 Å². The molecule has 0 fully saturated rings. The van der Waals surface area contributed by atoms with Gasteiger partial charge in [-0.15, -0.1) is 0 Å². The van der Waals surface area contributed by atoms with Gasteiger partial charge in [-0.05, 0) is 12.1 Å². The summed E-state index contributed by atoms with van der Waals surface area (Å²) >= 11 is 0. The Morgan fingerprint density at radius 3 is 2.75 bits per heavy atom. The predicted octanol–water partition coefficient (Wildman–Crippen LogP) is 1.69. The van der Waals surface area contributed by atoms with Gasteiger partial charge in [-0.25, -0.2) is 4.79 Å². The van der Waals surface area contributed by atoms with Crippen molar-refractivity contribution in [2.75, 3.05) is 20.3 Å². The summed E-state index contributed by atoms with van der Waals surface area (Å²) in [6, 6.07) is 7.47. The molecule has 20 heavy (non-hydrogen) atoms. The summed E-state index contributed by atoms with van der Waals surface area (Å²) < 4.78 is 9.49. The van der Waals surface area contributed by atoms with Crippen molar-refractivity contribution in [1.29, 1.82) is 5.26 Å². The molecule has 0 unspecified atom stereocenters. The summed E-state index contributed by atoms with van der Waals surface area (Å²) in [5, 5.41) is 19.8. The minimum Gasteiger partial charge on any atom is -0.459 e. The number of carbonyl (C=O) groups excluding carboxylic acids is 1. The molecule has 0 spiro atoms. The number of hydrogen-bond donors (Lipinski definition) is 0. The molecule has 104 valence electrons. The van der Waals surface area contributed by atoms with Gasteiger partial charge in [0.25, 0.3) is 5.69 Å². The Balaban J connectivity index is 2.98. The molecule has 0 aliphatic carbocycles. The molecule has 0 aromatic heterocycles. The number of carbonyl (C=O) groups is 1. The second-order valence-corrected chi connectivity index (χ2v) is 3.61. The first-order chi connectivity index (χ1) is 9.60. The maximum Gasteiger partial charge on any atom is 0.348 e. The molecule has 0 aliphatic rings. The zero-order valence-corrected chi connectivity index (χ0v) is 10.7. The van der Waals surface area contributed by atoms with Crippen LogP contribution in [0.4, 0.5) is 5.69 Å². The van der Waals surface area contributed by atoms with Crippen molar-refractivity contribution >= 4 is 17.7 Å². The average molecular weight is 276 g/mol. The Morgan fingerprint density at radius 2 is 2.15 bits per heavy atom. The summed E-state index contributed by atoms with van der Waals surface area (Å²) in [5.74, 6) is -0.845. The quantitative estimate of drug-likeness (QED) is 0.196. The van der Waals surface area contributed by atoms with Crippen molar-refractivity contribution in [2.45, 2.75) is 0 Å². The van der Waals surface area contributed by atoms with Crippen LogP contribution < -0.4 is 0 Å². The minimum absolute atomic E-state index is 0.00519. The molecule has 1 aromatic carbocycles. The van der Waals surface area contributed by atoms with Gasteiger partial charge in [0.05, 0.1) is 17.1 Å². The molecule has 0 N–H and O–H groups in total. The number of nitro benzene ring substituents is 1. The van der Waals surface area contributed by atoms with Gasteiger partial charge in [0.1, 0.15) is 18.2 Å². The predicted molar refractivity (Wildman–Crippen MR) is 69.5 cm³/mol. The lowest BCUT2D eigenvalue weighted by atomic mass is 10.1. The van der Waals surface area contributed by atoms with Crippen LogP contribution >= 0.6 is 0 Å². The van der Waals surface area contributed by atoms with E-state index in [1.54, 1.807) is 12.1 Å². The van der Waals surface area contributed by atoms with Gasteiger partial charge < -0.3 is 9.47 Å². The summed E-state index contributed by atoms with van der Waals surface area (Å²) in [5.41, 5.74) is -0.335. The second-order valence-electron chi connectivity index (χ2n) is 3.61. The molecule has 7 nitrogen and oxygen atoms in total. The van der Waals surface area contributed by atoms with Crippen molar-refractivity contribution in [3.05, 3.63) is 45.5 Å². The van der Waals surface area contributed by atoms with Crippen molar-refractivity contribution < 1.29 is 19.2 Å². The first-order valence-corrected chi connectivity index (χ1v) is 5.61. The molecule has 7 heteroatoms. The van der Waals surface area contributed by atoms with Gasteiger partial charge in [-0.2, -0.15) is 5.26 Å². The first kappa shape index (κ1) is 15.3. The molecule has 0 aliphatic heterocycles. The van der Waals surface area contributed by atoms with Crippen LogP contribution in [0.1, 0.15) is 5.56 Å². The van der Waals surface area contributed by atoms with E-state index >= 15 is 0 Å². The Labute approximate surface area is 115 Å². The van der Waals surface area contributed by atoms with Crippen LogP contribution in [0.25, 0.3) is 6.08 Å². The van der Waals surface area contributed by atoms with E-state index in [9.17, 15) is 14.9 Å². The normalized spacial score (nSPS) is 10.7. The summed E-state index contributed by atoms with van der Waals surface area (Å²) in [7, 11) is 1.45. The van der Waals surface area contributed by atoms with Gasteiger partial charge in [0.2, 0.25) is 0 Å². The van der Waals surface area contributed by atoms with Crippen molar-refractivity contribution in [1.82, 2.24) is 0 Å². The SMILES string of the molecule is COCCOC(=O)/C(C#N)=C/c1ccccc1[N+](=O)[O-]. The fourth-order valence-electron chi connectivity index (χ4n) is 1.36. The highest BCUT2D eigenvalue weighted by molar-refractivity contribution is 5.98. The van der Waals surface area contributed by atoms with Crippen LogP contribution in [-0.2, 0) is 14.3 Å². The van der Waals surface area contributed by atoms with Crippen LogP contribution in [0.3, 0.4) is 0 Å². The van der Waals surface area contributed by atoms with E-state index in [0.29, 0.717) is 0 Å². The summed E-state index contributed by atoms with van der Waals surface area (Å²) in [4.78, 5) is 21.8. The number of para-hydroxylation sites is 1. The second kappa shape index (κ2) is 7.66. The number of methoxy groups -OCH3 is 1. The van der Waals surface area contributed by atoms with Gasteiger partial charge in [-0.1, -0.05) is 12.1 Å². The molecule has 0 atom stereocenters. The number of nitriles is 1. The van der Waals surface area contributed by atoms with Crippen LogP contribution in [0.2, 0.25) is 0 Å². The highest BCUT2D eigenvalue weighted by atomic mass is 16.6. The van der Waals surface area contributed by atoms with Gasteiger partial charge >= 0.3 is 5.97 Å². The number of benzene rings is 1. The smallest absolute Gasteiger partial charge is 0.348 e. The molecule has 0 bridgehead atoms. The van der Waals surface area contributed by atoms with E-state index in [4.69, 9.17) is 14.7 Å². The molecule has 0 radical (unpaired) electrons. The maximum atomic E-state index is 11.6. The van der Waals surface area contributed by atoms with Crippen LogP contribution in [0, 0.1) is 21.4 Å². The number of nitrogens with zero attached hydrogens (tertiary/aromatic N) is 2. The highest BCUT2D eigenvalue weighted by Crippen LogP contribution is 2.20. The third kappa shape index (κ3) is 4.19. The van der Waals surface area contributed by atoms with E-state index < -0.39 is 10.9 Å².